The van der Waals surface area contributed by atoms with Crippen LogP contribution in [0.15, 0.2) is 0 Å². The molecule has 0 spiro atoms. The quantitative estimate of drug-likeness (QED) is 0.575. The molecule has 1 saturated carbocycles. The number of hydrogen-bond donors (Lipinski definition) is 1. The maximum absolute atomic E-state index is 11.3. The van der Waals surface area contributed by atoms with Crippen LogP contribution in [0, 0.1) is 5.92 Å². The molecule has 0 aromatic heterocycles. The van der Waals surface area contributed by atoms with Gasteiger partial charge in [0.25, 0.3) is 0 Å². The molecule has 0 aromatic carbocycles. The first-order chi connectivity index (χ1) is 6.27. The third-order valence-electron chi connectivity index (χ3n) is 2.80. The van der Waals surface area contributed by atoms with E-state index in [2.05, 4.69) is 24.4 Å². The van der Waals surface area contributed by atoms with Gasteiger partial charge in [0, 0.05) is 8.07 Å². The smallest absolute Gasteiger partial charge is 0.325 e. The normalized spacial score (nSPS) is 32.2. The first kappa shape index (κ1) is 11.7. The monoisotopic (exact) mass is 215 g/mol. The minimum absolute atomic E-state index is 0.246. The fraction of sp³-hybridized carbons (Fsp3) is 0.900. The number of carbonyl (C=O) groups is 1. The number of methoxy groups -OCH3 is 1. The summed E-state index contributed by atoms with van der Waals surface area (Å²) >= 11 is 0. The van der Waals surface area contributed by atoms with Gasteiger partial charge in [0.2, 0.25) is 0 Å². The third-order valence-corrected chi connectivity index (χ3v) is 4.60. The molecule has 0 bridgehead atoms. The SMILES string of the molecule is COC(=O)C1(N)CC(C[Si](C)(C)C)C1. The van der Waals surface area contributed by atoms with Crippen LogP contribution in [0.1, 0.15) is 12.8 Å². The Kier molecular flexibility index (Phi) is 3.06. The fourth-order valence-corrected chi connectivity index (χ4v) is 4.37. The number of hydrogen-bond acceptors (Lipinski definition) is 3. The van der Waals surface area contributed by atoms with Crippen LogP contribution >= 0.6 is 0 Å². The summed E-state index contributed by atoms with van der Waals surface area (Å²) in [6.45, 7) is 7.05. The maximum atomic E-state index is 11.3. The second kappa shape index (κ2) is 3.66. The molecule has 0 aliphatic heterocycles. The molecule has 0 heterocycles. The van der Waals surface area contributed by atoms with Crippen molar-refractivity contribution < 1.29 is 9.53 Å². The van der Waals surface area contributed by atoms with Crippen molar-refractivity contribution in [3.8, 4) is 0 Å². The van der Waals surface area contributed by atoms with Crippen molar-refractivity contribution in [2.45, 2.75) is 44.1 Å². The zero-order chi connectivity index (χ0) is 11.0. The van der Waals surface area contributed by atoms with E-state index in [9.17, 15) is 4.79 Å². The molecule has 2 N–H and O–H groups in total. The highest BCUT2D eigenvalue weighted by Crippen LogP contribution is 2.41. The Morgan fingerprint density at radius 1 is 1.50 bits per heavy atom. The number of nitrogens with two attached hydrogens (primary N) is 1. The van der Waals surface area contributed by atoms with Crippen molar-refractivity contribution in [1.82, 2.24) is 0 Å². The maximum Gasteiger partial charge on any atom is 0.325 e. The average molecular weight is 215 g/mol. The van der Waals surface area contributed by atoms with Gasteiger partial charge >= 0.3 is 5.97 Å². The van der Waals surface area contributed by atoms with Crippen LogP contribution in [0.4, 0.5) is 0 Å². The van der Waals surface area contributed by atoms with Crippen molar-refractivity contribution in [2.24, 2.45) is 11.7 Å². The van der Waals surface area contributed by atoms with Crippen LogP contribution in [0.25, 0.3) is 0 Å². The molecule has 0 saturated heterocycles. The van der Waals surface area contributed by atoms with Gasteiger partial charge in [-0.1, -0.05) is 25.7 Å². The molecule has 3 nitrogen and oxygen atoms in total. The predicted molar refractivity (Wildman–Crippen MR) is 59.8 cm³/mol. The summed E-state index contributed by atoms with van der Waals surface area (Å²) < 4.78 is 4.68. The van der Waals surface area contributed by atoms with E-state index in [0.29, 0.717) is 5.92 Å². The van der Waals surface area contributed by atoms with E-state index in [1.807, 2.05) is 0 Å². The van der Waals surface area contributed by atoms with Crippen LogP contribution in [0.3, 0.4) is 0 Å². The topological polar surface area (TPSA) is 52.3 Å². The van der Waals surface area contributed by atoms with Gasteiger partial charge in [0.1, 0.15) is 5.54 Å². The minimum Gasteiger partial charge on any atom is -0.468 e. The molecule has 82 valence electrons. The van der Waals surface area contributed by atoms with Crippen LogP contribution in [0.5, 0.6) is 0 Å². The lowest BCUT2D eigenvalue weighted by Gasteiger charge is -2.44. The lowest BCUT2D eigenvalue weighted by atomic mass is 9.70. The van der Waals surface area contributed by atoms with Gasteiger partial charge in [0.05, 0.1) is 7.11 Å². The van der Waals surface area contributed by atoms with Crippen molar-refractivity contribution >= 4 is 14.0 Å². The molecule has 1 fully saturated rings. The van der Waals surface area contributed by atoms with Crippen LogP contribution < -0.4 is 5.73 Å². The van der Waals surface area contributed by atoms with Gasteiger partial charge < -0.3 is 10.5 Å². The molecule has 0 atom stereocenters. The Bertz CT molecular complexity index is 229. The lowest BCUT2D eigenvalue weighted by Crippen LogP contribution is -2.59. The average Bonchev–Trinajstić information content (AvgIpc) is 1.97. The molecule has 1 rings (SSSR count). The van der Waals surface area contributed by atoms with Gasteiger partial charge in [-0.05, 0) is 18.8 Å². The molecular formula is C10H21NO2Si. The third kappa shape index (κ3) is 2.57. The van der Waals surface area contributed by atoms with E-state index in [0.717, 1.165) is 12.8 Å². The van der Waals surface area contributed by atoms with Crippen LogP contribution in [-0.2, 0) is 9.53 Å². The van der Waals surface area contributed by atoms with Crippen LogP contribution in [0.2, 0.25) is 25.7 Å². The van der Waals surface area contributed by atoms with Crippen molar-refractivity contribution in [2.75, 3.05) is 7.11 Å². The summed E-state index contributed by atoms with van der Waals surface area (Å²) in [5.74, 6) is 0.398. The molecule has 0 radical (unpaired) electrons. The van der Waals surface area contributed by atoms with Crippen LogP contribution in [-0.4, -0.2) is 26.7 Å². The summed E-state index contributed by atoms with van der Waals surface area (Å²) in [5.41, 5.74) is 5.24. The Morgan fingerprint density at radius 2 is 2.00 bits per heavy atom. The summed E-state index contributed by atoms with van der Waals surface area (Å²) in [4.78, 5) is 11.3. The highest BCUT2D eigenvalue weighted by atomic mass is 28.3. The molecule has 1 aliphatic rings. The Labute approximate surface area is 87.0 Å². The number of rotatable bonds is 3. The molecule has 14 heavy (non-hydrogen) atoms. The molecule has 0 unspecified atom stereocenters. The van der Waals surface area contributed by atoms with Crippen molar-refractivity contribution in [3.63, 3.8) is 0 Å². The molecule has 0 aromatic rings. The van der Waals surface area contributed by atoms with Crippen molar-refractivity contribution in [3.05, 3.63) is 0 Å². The summed E-state index contributed by atoms with van der Waals surface area (Å²) in [7, 11) is 0.400. The molecule has 4 heteroatoms. The van der Waals surface area contributed by atoms with E-state index in [-0.39, 0.29) is 5.97 Å². The summed E-state index contributed by atoms with van der Waals surface area (Å²) in [5, 5.41) is 0. The highest BCUT2D eigenvalue weighted by Gasteiger charge is 2.48. The first-order valence-electron chi connectivity index (χ1n) is 5.14. The van der Waals surface area contributed by atoms with E-state index in [1.54, 1.807) is 0 Å². The highest BCUT2D eigenvalue weighted by molar-refractivity contribution is 6.76. The van der Waals surface area contributed by atoms with Gasteiger partial charge in [0.15, 0.2) is 0 Å². The van der Waals surface area contributed by atoms with E-state index >= 15 is 0 Å². The zero-order valence-electron chi connectivity index (χ0n) is 9.59. The van der Waals surface area contributed by atoms with E-state index < -0.39 is 13.6 Å². The number of esters is 1. The summed E-state index contributed by atoms with van der Waals surface area (Å²) in [6.07, 6.45) is 1.62. The molecule has 0 amide bonds. The van der Waals surface area contributed by atoms with Gasteiger partial charge in [-0.2, -0.15) is 0 Å². The largest absolute Gasteiger partial charge is 0.468 e. The lowest BCUT2D eigenvalue weighted by molar-refractivity contribution is -0.152. The summed E-state index contributed by atoms with van der Waals surface area (Å²) in [6, 6.07) is 1.27. The fourth-order valence-electron chi connectivity index (χ4n) is 2.35. The van der Waals surface area contributed by atoms with Gasteiger partial charge in [-0.3, -0.25) is 4.79 Å². The van der Waals surface area contributed by atoms with E-state index in [4.69, 9.17) is 5.73 Å². The van der Waals surface area contributed by atoms with Gasteiger partial charge in [-0.25, -0.2) is 0 Å². The Balaban J connectivity index is 2.39. The second-order valence-electron chi connectivity index (χ2n) is 5.69. The Hall–Kier alpha value is -0.353. The van der Waals surface area contributed by atoms with Gasteiger partial charge in [-0.15, -0.1) is 0 Å². The predicted octanol–water partition coefficient (Wildman–Crippen LogP) is 1.61. The number of ether oxygens (including phenoxy) is 1. The zero-order valence-corrected chi connectivity index (χ0v) is 10.6. The molecular weight excluding hydrogens is 194 g/mol. The number of carbonyl (C=O) groups excluding carboxylic acids is 1. The second-order valence-corrected chi connectivity index (χ2v) is 11.2. The standard InChI is InChI=1S/C10H21NO2Si/c1-13-9(12)10(11)5-8(6-10)7-14(2,3)4/h8H,5-7,11H2,1-4H3. The Morgan fingerprint density at radius 3 is 2.36 bits per heavy atom. The molecule has 1 aliphatic carbocycles. The minimum atomic E-state index is -1.01. The first-order valence-corrected chi connectivity index (χ1v) is 8.85. The van der Waals surface area contributed by atoms with Crippen molar-refractivity contribution in [1.29, 1.82) is 0 Å². The van der Waals surface area contributed by atoms with E-state index in [1.165, 1.54) is 13.2 Å².